The van der Waals surface area contributed by atoms with Crippen molar-refractivity contribution in [1.82, 2.24) is 4.31 Å². The second-order valence-corrected chi connectivity index (χ2v) is 9.29. The van der Waals surface area contributed by atoms with Crippen LogP contribution in [0.25, 0.3) is 0 Å². The van der Waals surface area contributed by atoms with Gasteiger partial charge in [0.25, 0.3) is 10.0 Å². The summed E-state index contributed by atoms with van der Waals surface area (Å²) in [6, 6.07) is 1.48. The molecule has 0 aromatic carbocycles. The van der Waals surface area contributed by atoms with Crippen molar-refractivity contribution in [1.29, 1.82) is 0 Å². The molecule has 0 N–H and O–H groups in total. The topological polar surface area (TPSA) is 46.6 Å². The zero-order valence-electron chi connectivity index (χ0n) is 9.11. The van der Waals surface area contributed by atoms with E-state index in [0.29, 0.717) is 33.8 Å². The highest BCUT2D eigenvalue weighted by Crippen LogP contribution is 2.36. The molecule has 1 aliphatic rings. The smallest absolute Gasteiger partial charge is 0.252 e. The summed E-state index contributed by atoms with van der Waals surface area (Å²) in [4.78, 5) is 0. The first-order valence-corrected chi connectivity index (χ1v) is 9.62. The fraction of sp³-hybridized carbons (Fsp3) is 0.556. The highest BCUT2D eigenvalue weighted by Gasteiger charge is 2.32. The number of ether oxygens (including phenoxy) is 1. The van der Waals surface area contributed by atoms with Gasteiger partial charge in [-0.3, -0.25) is 0 Å². The zero-order valence-corrected chi connectivity index (χ0v) is 14.7. The van der Waals surface area contributed by atoms with Gasteiger partial charge in [0.15, 0.2) is 0 Å². The maximum Gasteiger partial charge on any atom is 0.252 e. The molecule has 0 radical (unpaired) electrons. The Bertz CT molecular complexity index is 514. The first-order chi connectivity index (χ1) is 8.45. The minimum Gasteiger partial charge on any atom is -0.375 e. The number of thiophene rings is 1. The summed E-state index contributed by atoms with van der Waals surface area (Å²) in [6.45, 7) is 1.15. The minimum atomic E-state index is -3.47. The van der Waals surface area contributed by atoms with E-state index in [0.717, 1.165) is 11.3 Å². The van der Waals surface area contributed by atoms with E-state index in [1.807, 2.05) is 0 Å². The van der Waals surface area contributed by atoms with Crippen LogP contribution in [0.15, 0.2) is 14.1 Å². The molecule has 18 heavy (non-hydrogen) atoms. The Kier molecular flexibility index (Phi) is 5.13. The van der Waals surface area contributed by atoms with Crippen molar-refractivity contribution in [2.45, 2.75) is 10.3 Å². The van der Waals surface area contributed by atoms with Gasteiger partial charge >= 0.3 is 0 Å². The molecule has 0 aliphatic carbocycles. The molecule has 1 aromatic rings. The maximum atomic E-state index is 12.4. The molecule has 1 atom stereocenters. The second kappa shape index (κ2) is 6.07. The number of halogens is 3. The van der Waals surface area contributed by atoms with Crippen molar-refractivity contribution in [2.75, 3.05) is 25.0 Å². The fourth-order valence-electron chi connectivity index (χ4n) is 1.59. The van der Waals surface area contributed by atoms with Gasteiger partial charge < -0.3 is 4.74 Å². The molecular formula is C9H10Br2ClNO3S2. The van der Waals surface area contributed by atoms with Crippen molar-refractivity contribution >= 4 is 64.8 Å². The predicted molar refractivity (Wildman–Crippen MR) is 79.3 cm³/mol. The molecule has 9 heteroatoms. The first kappa shape index (κ1) is 15.2. The summed E-state index contributed by atoms with van der Waals surface area (Å²) < 4.78 is 32.6. The minimum absolute atomic E-state index is 0.104. The molecular weight excluding hydrogens is 429 g/mol. The van der Waals surface area contributed by atoms with Gasteiger partial charge in [-0.1, -0.05) is 27.5 Å². The van der Waals surface area contributed by atoms with Crippen molar-refractivity contribution < 1.29 is 13.2 Å². The highest BCUT2D eigenvalue weighted by molar-refractivity contribution is 9.11. The van der Waals surface area contributed by atoms with Gasteiger partial charge in [-0.2, -0.15) is 4.31 Å². The van der Waals surface area contributed by atoms with Crippen LogP contribution in [0.2, 0.25) is 5.02 Å². The van der Waals surface area contributed by atoms with Crippen LogP contribution >= 0.6 is 54.8 Å². The Morgan fingerprint density at radius 1 is 1.61 bits per heavy atom. The van der Waals surface area contributed by atoms with Crippen LogP contribution in [-0.2, 0) is 14.8 Å². The quantitative estimate of drug-likeness (QED) is 0.681. The number of nitrogens with zero attached hydrogens (tertiary/aromatic N) is 1. The van der Waals surface area contributed by atoms with Crippen LogP contribution in [0.5, 0.6) is 0 Å². The van der Waals surface area contributed by atoms with Gasteiger partial charge in [0.05, 0.1) is 21.5 Å². The molecule has 1 aromatic heterocycles. The van der Waals surface area contributed by atoms with Crippen LogP contribution in [0, 0.1) is 0 Å². The Morgan fingerprint density at radius 3 is 2.89 bits per heavy atom. The van der Waals surface area contributed by atoms with E-state index in [1.54, 1.807) is 0 Å². The normalized spacial score (nSPS) is 22.3. The summed E-state index contributed by atoms with van der Waals surface area (Å²) in [5.41, 5.74) is 0. The van der Waals surface area contributed by atoms with E-state index >= 15 is 0 Å². The molecule has 0 amide bonds. The van der Waals surface area contributed by atoms with E-state index in [-0.39, 0.29) is 10.3 Å². The number of alkyl halides is 1. The van der Waals surface area contributed by atoms with Gasteiger partial charge in [-0.15, -0.1) is 11.3 Å². The number of hydrogen-bond donors (Lipinski definition) is 0. The number of sulfonamides is 1. The molecule has 2 heterocycles. The third-order valence-electron chi connectivity index (χ3n) is 2.49. The van der Waals surface area contributed by atoms with Gasteiger partial charge in [-0.25, -0.2) is 8.42 Å². The number of hydrogen-bond acceptors (Lipinski definition) is 4. The lowest BCUT2D eigenvalue weighted by molar-refractivity contribution is 0.0137. The Balaban J connectivity index is 2.25. The van der Waals surface area contributed by atoms with Crippen LogP contribution < -0.4 is 0 Å². The summed E-state index contributed by atoms with van der Waals surface area (Å²) in [5.74, 6) is 0. The molecule has 1 fully saturated rings. The van der Waals surface area contributed by atoms with E-state index in [2.05, 4.69) is 31.9 Å². The number of rotatable bonds is 3. The molecule has 0 spiro atoms. The molecule has 2 rings (SSSR count). The van der Waals surface area contributed by atoms with Crippen LogP contribution in [0.1, 0.15) is 0 Å². The van der Waals surface area contributed by atoms with E-state index < -0.39 is 10.0 Å². The predicted octanol–water partition coefficient (Wildman–Crippen LogP) is 2.95. The summed E-state index contributed by atoms with van der Waals surface area (Å²) in [7, 11) is -3.47. The SMILES string of the molecule is O=S(=O)(c1cc(Cl)c(Br)s1)N1CCOC(CBr)C1. The summed E-state index contributed by atoms with van der Waals surface area (Å²) in [5, 5.41) is 1.04. The number of morpholine rings is 1. The third-order valence-corrected chi connectivity index (χ3v) is 8.00. The third kappa shape index (κ3) is 3.11. The average molecular weight is 440 g/mol. The summed E-state index contributed by atoms with van der Waals surface area (Å²) >= 11 is 13.5. The lowest BCUT2D eigenvalue weighted by atomic mass is 10.3. The van der Waals surface area contributed by atoms with Crippen LogP contribution in [0.4, 0.5) is 0 Å². The average Bonchev–Trinajstić information content (AvgIpc) is 2.70. The lowest BCUT2D eigenvalue weighted by Gasteiger charge is -2.30. The Labute approximate surface area is 132 Å². The first-order valence-electron chi connectivity index (χ1n) is 5.07. The maximum absolute atomic E-state index is 12.4. The molecule has 1 aliphatic heterocycles. The Morgan fingerprint density at radius 2 is 2.33 bits per heavy atom. The van der Waals surface area contributed by atoms with E-state index in [1.165, 1.54) is 10.4 Å². The lowest BCUT2D eigenvalue weighted by Crippen LogP contribution is -2.45. The molecule has 102 valence electrons. The van der Waals surface area contributed by atoms with Gasteiger partial charge in [0.2, 0.25) is 0 Å². The van der Waals surface area contributed by atoms with Gasteiger partial charge in [0.1, 0.15) is 4.21 Å². The van der Waals surface area contributed by atoms with Crippen molar-refractivity contribution in [3.63, 3.8) is 0 Å². The Hall–Kier alpha value is 0.820. The summed E-state index contributed by atoms with van der Waals surface area (Å²) in [6.07, 6.45) is -0.104. The standard InChI is InChI=1S/C9H10Br2ClNO3S2/c10-4-6-5-13(1-2-16-6)18(14,15)8-3-7(12)9(11)17-8/h3,6H,1-2,4-5H2. The van der Waals surface area contributed by atoms with E-state index in [4.69, 9.17) is 16.3 Å². The fourth-order valence-corrected chi connectivity index (χ4v) is 5.99. The molecule has 1 unspecified atom stereocenters. The van der Waals surface area contributed by atoms with Gasteiger partial charge in [-0.05, 0) is 22.0 Å². The van der Waals surface area contributed by atoms with Crippen molar-refractivity contribution in [2.24, 2.45) is 0 Å². The van der Waals surface area contributed by atoms with Crippen LogP contribution in [-0.4, -0.2) is 43.9 Å². The molecule has 1 saturated heterocycles. The van der Waals surface area contributed by atoms with Gasteiger partial charge in [0, 0.05) is 18.4 Å². The van der Waals surface area contributed by atoms with Crippen LogP contribution in [0.3, 0.4) is 0 Å². The zero-order chi connectivity index (χ0) is 13.3. The van der Waals surface area contributed by atoms with Crippen molar-refractivity contribution in [3.05, 3.63) is 14.9 Å². The molecule has 0 bridgehead atoms. The molecule has 4 nitrogen and oxygen atoms in total. The van der Waals surface area contributed by atoms with E-state index in [9.17, 15) is 8.42 Å². The van der Waals surface area contributed by atoms with Crippen molar-refractivity contribution in [3.8, 4) is 0 Å². The monoisotopic (exact) mass is 437 g/mol. The largest absolute Gasteiger partial charge is 0.375 e. The molecule has 0 saturated carbocycles. The second-order valence-electron chi connectivity index (χ2n) is 3.70. The highest BCUT2D eigenvalue weighted by atomic mass is 79.9.